The van der Waals surface area contributed by atoms with Gasteiger partial charge in [0.1, 0.15) is 5.69 Å². The van der Waals surface area contributed by atoms with Crippen LogP contribution in [0.4, 0.5) is 0 Å². The van der Waals surface area contributed by atoms with Crippen LogP contribution in [0.2, 0.25) is 0 Å². The van der Waals surface area contributed by atoms with Crippen LogP contribution in [0.3, 0.4) is 0 Å². The van der Waals surface area contributed by atoms with Crippen molar-refractivity contribution in [3.05, 3.63) is 77.1 Å². The second-order valence-corrected chi connectivity index (χ2v) is 8.24. The Morgan fingerprint density at radius 2 is 1.69 bits per heavy atom. The number of aromatic nitrogens is 2. The average Bonchev–Trinajstić information content (AvgIpc) is 3.13. The minimum atomic E-state index is -0.699. The van der Waals surface area contributed by atoms with Crippen LogP contribution in [0.1, 0.15) is 33.2 Å². The summed E-state index contributed by atoms with van der Waals surface area (Å²) in [5.41, 5.74) is 4.29. The maximum Gasteiger partial charge on any atom is 0.356 e. The zero-order valence-corrected chi connectivity index (χ0v) is 19.9. The highest BCUT2D eigenvalue weighted by molar-refractivity contribution is 6.11. The molecule has 0 spiro atoms. The topological polar surface area (TPSA) is 88.9 Å². The van der Waals surface area contributed by atoms with Crippen LogP contribution in [0.25, 0.3) is 21.8 Å². The van der Waals surface area contributed by atoms with Crippen LogP contribution in [0.15, 0.2) is 54.6 Å². The van der Waals surface area contributed by atoms with Gasteiger partial charge in [-0.3, -0.25) is 0 Å². The first-order chi connectivity index (χ1) is 16.9. The van der Waals surface area contributed by atoms with Gasteiger partial charge in [-0.1, -0.05) is 24.8 Å². The van der Waals surface area contributed by atoms with E-state index in [0.717, 1.165) is 32.9 Å². The van der Waals surface area contributed by atoms with E-state index in [1.165, 1.54) is 14.2 Å². The van der Waals surface area contributed by atoms with Crippen LogP contribution < -0.4 is 9.47 Å². The molecule has 0 fully saturated rings. The molecule has 2 aromatic carbocycles. The predicted molar refractivity (Wildman–Crippen MR) is 130 cm³/mol. The number of fused-ring (bicyclic) bond motifs is 4. The minimum absolute atomic E-state index is 0.143. The Hall–Kier alpha value is -4.33. The highest BCUT2D eigenvalue weighted by Gasteiger charge is 2.35. The van der Waals surface area contributed by atoms with E-state index in [0.29, 0.717) is 23.7 Å². The van der Waals surface area contributed by atoms with Gasteiger partial charge in [-0.2, -0.15) is 0 Å². The van der Waals surface area contributed by atoms with Crippen molar-refractivity contribution in [2.24, 2.45) is 0 Å². The molecule has 1 aliphatic heterocycles. The molecule has 5 rings (SSSR count). The molecule has 178 valence electrons. The van der Waals surface area contributed by atoms with Crippen LogP contribution in [-0.4, -0.2) is 49.9 Å². The van der Waals surface area contributed by atoms with Crippen molar-refractivity contribution >= 4 is 33.7 Å². The number of hydrogen-bond donors (Lipinski definition) is 0. The molecule has 1 atom stereocenters. The molecule has 4 aromatic rings. The van der Waals surface area contributed by atoms with Crippen molar-refractivity contribution in [1.29, 1.82) is 0 Å². The van der Waals surface area contributed by atoms with Gasteiger partial charge in [-0.25, -0.2) is 14.6 Å². The molecule has 0 bridgehead atoms. The molecule has 0 aliphatic carbocycles. The summed E-state index contributed by atoms with van der Waals surface area (Å²) < 4.78 is 23.3. The Bertz CT molecular complexity index is 1530. The molecule has 3 heterocycles. The predicted octanol–water partition coefficient (Wildman–Crippen LogP) is 4.22. The summed E-state index contributed by atoms with van der Waals surface area (Å²) in [4.78, 5) is 30.1. The van der Waals surface area contributed by atoms with E-state index in [-0.39, 0.29) is 11.3 Å². The number of esters is 2. The highest BCUT2D eigenvalue weighted by Crippen LogP contribution is 2.45. The molecule has 0 radical (unpaired) electrons. The van der Waals surface area contributed by atoms with E-state index in [4.69, 9.17) is 23.9 Å². The third kappa shape index (κ3) is 3.32. The largest absolute Gasteiger partial charge is 0.493 e. The number of pyridine rings is 1. The fourth-order valence-corrected chi connectivity index (χ4v) is 4.94. The third-order valence-corrected chi connectivity index (χ3v) is 6.52. The summed E-state index contributed by atoms with van der Waals surface area (Å²) in [6, 6.07) is 13.4. The first-order valence-electron chi connectivity index (χ1n) is 11.0. The molecular weight excluding hydrogens is 448 g/mol. The first-order valence-corrected chi connectivity index (χ1v) is 11.0. The highest BCUT2D eigenvalue weighted by atomic mass is 16.5. The summed E-state index contributed by atoms with van der Waals surface area (Å²) in [6.45, 7) is 4.57. The Balaban J connectivity index is 1.96. The van der Waals surface area contributed by atoms with Crippen molar-refractivity contribution in [2.45, 2.75) is 12.5 Å². The molecule has 0 saturated heterocycles. The second kappa shape index (κ2) is 8.47. The van der Waals surface area contributed by atoms with E-state index in [9.17, 15) is 9.59 Å². The summed E-state index contributed by atoms with van der Waals surface area (Å²) >= 11 is 0. The van der Waals surface area contributed by atoms with Gasteiger partial charge in [0.05, 0.1) is 45.6 Å². The van der Waals surface area contributed by atoms with Crippen molar-refractivity contribution in [3.8, 4) is 11.5 Å². The smallest absolute Gasteiger partial charge is 0.356 e. The average molecular weight is 472 g/mol. The van der Waals surface area contributed by atoms with Crippen molar-refractivity contribution in [1.82, 2.24) is 9.55 Å². The molecule has 8 nitrogen and oxygen atoms in total. The SMILES string of the molecule is C=C(C(=O)OC)C1c2cc(OC)c(OC)cc2Cn2c3ccccc3c3cc(C(=O)OC)nc1c32. The molecule has 0 saturated carbocycles. The molecule has 0 N–H and O–H groups in total. The number of ether oxygens (including phenoxy) is 4. The van der Waals surface area contributed by atoms with E-state index in [1.54, 1.807) is 20.3 Å². The van der Waals surface area contributed by atoms with Crippen LogP contribution in [-0.2, 0) is 20.8 Å². The summed E-state index contributed by atoms with van der Waals surface area (Å²) in [7, 11) is 5.75. The molecule has 0 amide bonds. The van der Waals surface area contributed by atoms with Gasteiger partial charge in [0.25, 0.3) is 0 Å². The van der Waals surface area contributed by atoms with E-state index >= 15 is 0 Å². The number of carbonyl (C=O) groups is 2. The fraction of sp³-hybridized carbons (Fsp3) is 0.222. The molecule has 35 heavy (non-hydrogen) atoms. The number of carbonyl (C=O) groups excluding carboxylic acids is 2. The number of hydrogen-bond acceptors (Lipinski definition) is 7. The first kappa shape index (κ1) is 22.5. The Morgan fingerprint density at radius 1 is 0.971 bits per heavy atom. The normalized spacial score (nSPS) is 14.2. The molecule has 2 aromatic heterocycles. The monoisotopic (exact) mass is 472 g/mol. The lowest BCUT2D eigenvalue weighted by Gasteiger charge is -2.22. The van der Waals surface area contributed by atoms with Crippen LogP contribution in [0, 0.1) is 0 Å². The van der Waals surface area contributed by atoms with Gasteiger partial charge in [0.2, 0.25) is 0 Å². The Labute approximate surface area is 201 Å². The summed E-state index contributed by atoms with van der Waals surface area (Å²) in [5, 5.41) is 1.79. The van der Waals surface area contributed by atoms with E-state index in [2.05, 4.69) is 11.1 Å². The van der Waals surface area contributed by atoms with Crippen LogP contribution in [0.5, 0.6) is 11.5 Å². The second-order valence-electron chi connectivity index (χ2n) is 8.24. The molecule has 8 heteroatoms. The molecule has 1 aliphatic rings. The standard InChI is InChI=1S/C27H24N2O6/c1-14(26(30)34-4)23-17-12-22(33-3)21(32-2)10-15(17)13-29-20-9-7-6-8-16(20)18-11-19(27(31)35-5)28-24(23)25(18)29/h6-12,23H,1,13H2,2-5H3. The van der Waals surface area contributed by atoms with Gasteiger partial charge in [0.15, 0.2) is 11.5 Å². The zero-order valence-electron chi connectivity index (χ0n) is 19.9. The van der Waals surface area contributed by atoms with Gasteiger partial charge < -0.3 is 23.5 Å². The Kier molecular flexibility index (Phi) is 5.43. The van der Waals surface area contributed by atoms with Crippen LogP contribution >= 0.6 is 0 Å². The number of methoxy groups -OCH3 is 4. The number of para-hydroxylation sites is 1. The molecular formula is C27H24N2O6. The quantitative estimate of drug-likeness (QED) is 0.317. The lowest BCUT2D eigenvalue weighted by Crippen LogP contribution is -2.17. The maximum absolute atomic E-state index is 12.8. The number of nitrogens with zero attached hydrogens (tertiary/aromatic N) is 2. The van der Waals surface area contributed by atoms with Crippen molar-refractivity contribution in [3.63, 3.8) is 0 Å². The zero-order chi connectivity index (χ0) is 24.9. The van der Waals surface area contributed by atoms with Gasteiger partial charge in [0, 0.05) is 28.4 Å². The third-order valence-electron chi connectivity index (χ3n) is 6.52. The van der Waals surface area contributed by atoms with E-state index < -0.39 is 17.9 Å². The van der Waals surface area contributed by atoms with Gasteiger partial charge in [-0.15, -0.1) is 0 Å². The summed E-state index contributed by atoms with van der Waals surface area (Å²) in [5.74, 6) is -0.769. The van der Waals surface area contributed by atoms with E-state index in [1.807, 2.05) is 36.4 Å². The maximum atomic E-state index is 12.8. The van der Waals surface area contributed by atoms with Crippen molar-refractivity contribution < 1.29 is 28.5 Å². The lowest BCUT2D eigenvalue weighted by molar-refractivity contribution is -0.136. The number of benzene rings is 2. The number of rotatable bonds is 5. The van der Waals surface area contributed by atoms with Crippen molar-refractivity contribution in [2.75, 3.05) is 28.4 Å². The van der Waals surface area contributed by atoms with Gasteiger partial charge >= 0.3 is 11.9 Å². The molecule has 1 unspecified atom stereocenters. The van der Waals surface area contributed by atoms with Gasteiger partial charge in [-0.05, 0) is 35.4 Å². The Morgan fingerprint density at radius 3 is 2.37 bits per heavy atom. The lowest BCUT2D eigenvalue weighted by atomic mass is 9.85. The fourth-order valence-electron chi connectivity index (χ4n) is 4.94. The minimum Gasteiger partial charge on any atom is -0.493 e. The summed E-state index contributed by atoms with van der Waals surface area (Å²) in [6.07, 6.45) is 0.